The molecular weight excluding hydrogens is 527 g/mol. The second-order valence-electron chi connectivity index (χ2n) is 13.3. The van der Waals surface area contributed by atoms with Crippen LogP contribution in [0.5, 0.6) is 0 Å². The maximum absolute atomic E-state index is 17.5. The maximum Gasteiger partial charge on any atom is 0.226 e. The molecule has 1 unspecified atom stereocenters. The summed E-state index contributed by atoms with van der Waals surface area (Å²) in [5.41, 5.74) is -6.00. The third-order valence-corrected chi connectivity index (χ3v) is 12.4. The number of rotatable bonds is 5. The lowest BCUT2D eigenvalue weighted by Crippen LogP contribution is -2.70. The van der Waals surface area contributed by atoms with E-state index in [0.29, 0.717) is 37.2 Å². The molecule has 0 spiro atoms. The predicted molar refractivity (Wildman–Crippen MR) is 143 cm³/mol. The maximum atomic E-state index is 17.5. The first-order valence-corrected chi connectivity index (χ1v) is 15.6. The number of alkyl halides is 3. The van der Waals surface area contributed by atoms with Gasteiger partial charge in [0, 0.05) is 35.8 Å². The Hall–Kier alpha value is -1.16. The second-order valence-corrected chi connectivity index (χ2v) is 14.2. The van der Waals surface area contributed by atoms with Crippen LogP contribution in [0.1, 0.15) is 71.6 Å². The van der Waals surface area contributed by atoms with Crippen LogP contribution in [0.3, 0.4) is 0 Å². The average Bonchev–Trinajstić information content (AvgIpc) is 3.39. The summed E-state index contributed by atoms with van der Waals surface area (Å²) in [5, 5.41) is 13.1. The lowest BCUT2D eigenvalue weighted by atomic mass is 9.44. The summed E-state index contributed by atoms with van der Waals surface area (Å²) in [6.45, 7) is 4.59. The van der Waals surface area contributed by atoms with E-state index in [1.54, 1.807) is 6.92 Å². The zero-order valence-electron chi connectivity index (χ0n) is 22.8. The molecule has 0 aromatic heterocycles. The fourth-order valence-electron chi connectivity index (χ4n) is 9.76. The third-order valence-electron chi connectivity index (χ3n) is 11.7. The summed E-state index contributed by atoms with van der Waals surface area (Å²) < 4.78 is 46.8. The number of nitrogens with zero attached hydrogens (tertiary/aromatic N) is 1. The topological polar surface area (TPSA) is 66.8 Å². The Balaban J connectivity index is 1.34. The van der Waals surface area contributed by atoms with Crippen LogP contribution >= 0.6 is 11.8 Å². The largest absolute Gasteiger partial charge is 0.390 e. The van der Waals surface area contributed by atoms with E-state index in [1.807, 2.05) is 12.0 Å². The van der Waals surface area contributed by atoms with Gasteiger partial charge in [-0.25, -0.2) is 13.2 Å². The van der Waals surface area contributed by atoms with E-state index < -0.39 is 57.3 Å². The number of fused-ring (bicyclic) bond motifs is 7. The van der Waals surface area contributed by atoms with Crippen molar-refractivity contribution in [2.24, 2.45) is 34.5 Å². The van der Waals surface area contributed by atoms with E-state index in [0.717, 1.165) is 6.42 Å². The fourth-order valence-corrected chi connectivity index (χ4v) is 10.5. The molecule has 0 bridgehead atoms. The van der Waals surface area contributed by atoms with Gasteiger partial charge in [-0.2, -0.15) is 5.06 Å². The highest BCUT2D eigenvalue weighted by molar-refractivity contribution is 8.13. The molecule has 1 aliphatic heterocycles. The first-order valence-electron chi connectivity index (χ1n) is 14.6. The Morgan fingerprint density at radius 3 is 2.67 bits per heavy atom. The molecule has 0 aromatic carbocycles. The minimum atomic E-state index is -2.21. The Morgan fingerprint density at radius 1 is 1.21 bits per heavy atom. The van der Waals surface area contributed by atoms with Gasteiger partial charge in [-0.3, -0.25) is 14.4 Å². The number of thioether (sulfide) groups is 1. The zero-order chi connectivity index (χ0) is 27.8. The number of hydrogen-bond donors (Lipinski definition) is 1. The van der Waals surface area contributed by atoms with Gasteiger partial charge in [0.05, 0.1) is 6.10 Å². The predicted octanol–water partition coefficient (Wildman–Crippen LogP) is 5.67. The lowest BCUT2D eigenvalue weighted by Gasteiger charge is -2.63. The monoisotopic (exact) mass is 567 g/mol. The van der Waals surface area contributed by atoms with Gasteiger partial charge < -0.3 is 5.11 Å². The molecule has 216 valence electrons. The van der Waals surface area contributed by atoms with Crippen molar-refractivity contribution < 1.29 is 32.7 Å². The molecular formula is C30H40F3NO4S. The summed E-state index contributed by atoms with van der Waals surface area (Å²) in [7, 11) is 0. The Bertz CT molecular complexity index is 1100. The van der Waals surface area contributed by atoms with Crippen LogP contribution in [0.15, 0.2) is 23.8 Å². The van der Waals surface area contributed by atoms with Crippen LogP contribution in [0.2, 0.25) is 0 Å². The molecule has 1 saturated heterocycles. The van der Waals surface area contributed by atoms with E-state index in [4.69, 9.17) is 4.84 Å². The first-order chi connectivity index (χ1) is 18.5. The molecule has 1 N–H and O–H groups in total. The molecule has 6 rings (SSSR count). The summed E-state index contributed by atoms with van der Waals surface area (Å²) in [6.07, 6.45) is 8.16. The molecule has 9 heteroatoms. The number of hydrogen-bond acceptors (Lipinski definition) is 6. The van der Waals surface area contributed by atoms with Gasteiger partial charge in [0.15, 0.2) is 17.1 Å². The van der Waals surface area contributed by atoms with Gasteiger partial charge in [0.2, 0.25) is 5.12 Å². The number of carbonyl (C=O) groups is 2. The van der Waals surface area contributed by atoms with Crippen LogP contribution in [-0.2, 0) is 14.4 Å². The molecule has 39 heavy (non-hydrogen) atoms. The number of ketones is 1. The smallest absolute Gasteiger partial charge is 0.226 e. The highest BCUT2D eigenvalue weighted by Gasteiger charge is 2.79. The van der Waals surface area contributed by atoms with Gasteiger partial charge in [0.1, 0.15) is 12.2 Å². The average molecular weight is 568 g/mol. The number of aliphatic hydroxyl groups is 1. The Kier molecular flexibility index (Phi) is 6.96. The van der Waals surface area contributed by atoms with Crippen molar-refractivity contribution >= 4 is 22.7 Å². The van der Waals surface area contributed by atoms with Crippen molar-refractivity contribution in [3.63, 3.8) is 0 Å². The van der Waals surface area contributed by atoms with Crippen LogP contribution in [0.4, 0.5) is 13.2 Å². The first kappa shape index (κ1) is 28.0. The summed E-state index contributed by atoms with van der Waals surface area (Å²) in [5.74, 6) is -1.38. The number of allylic oxidation sites excluding steroid dienone is 4. The van der Waals surface area contributed by atoms with E-state index in [1.165, 1.54) is 50.3 Å². The fraction of sp³-hybridized carbons (Fsp3) is 0.800. The molecule has 4 saturated carbocycles. The standard InChI is InChI=1S/C30H40F3NO4S/c1-27-10-8-20(35)13-23(27)24(32)14-22-21-12-19-16-34(11-9-18-6-4-3-5-7-18)38-30(19,26(37)39-17-31)28(21,2)15-25(36)29(22,27)33/h8,10,13,18-19,21-22,24-25,36H,3-7,9,11-12,14-17H2,1-2H3/t19-,21?,22-,24-,25-,27-,28-,29-,30-/m0/s1. The minimum Gasteiger partial charge on any atom is -0.390 e. The number of halogens is 3. The quantitative estimate of drug-likeness (QED) is 0.462. The second kappa shape index (κ2) is 9.70. The molecule has 5 aliphatic carbocycles. The molecule has 0 aromatic rings. The SMILES string of the molecule is C[C@]12C=CC(=O)C=C1[C@@H](F)C[C@H]1C3C[C@H]4CN(CCC5CCCCC5)O[C@@]4(C(=O)SCF)[C@@]3(C)C[C@H](O)[C@@]12F. The normalized spacial score (nSPS) is 47.8. The van der Waals surface area contributed by atoms with Crippen LogP contribution in [0.25, 0.3) is 0 Å². The van der Waals surface area contributed by atoms with Crippen molar-refractivity contribution in [2.75, 3.05) is 19.1 Å². The lowest BCUT2D eigenvalue weighted by molar-refractivity contribution is -0.264. The van der Waals surface area contributed by atoms with Crippen LogP contribution in [-0.4, -0.2) is 63.7 Å². The molecule has 0 amide bonds. The van der Waals surface area contributed by atoms with Crippen LogP contribution < -0.4 is 0 Å². The van der Waals surface area contributed by atoms with Crippen molar-refractivity contribution in [3.8, 4) is 0 Å². The minimum absolute atomic E-state index is 0.0577. The number of aliphatic hydroxyl groups excluding tert-OH is 1. The highest BCUT2D eigenvalue weighted by Crippen LogP contribution is 2.73. The highest BCUT2D eigenvalue weighted by atomic mass is 32.2. The van der Waals surface area contributed by atoms with Crippen molar-refractivity contribution in [2.45, 2.75) is 95.2 Å². The van der Waals surface area contributed by atoms with E-state index in [9.17, 15) is 19.1 Å². The third kappa shape index (κ3) is 3.77. The molecule has 1 heterocycles. The van der Waals surface area contributed by atoms with Gasteiger partial charge >= 0.3 is 0 Å². The Morgan fingerprint density at radius 2 is 1.95 bits per heavy atom. The zero-order valence-corrected chi connectivity index (χ0v) is 23.7. The van der Waals surface area contributed by atoms with Crippen molar-refractivity contribution in [1.82, 2.24) is 5.06 Å². The van der Waals surface area contributed by atoms with E-state index >= 15 is 8.78 Å². The summed E-state index contributed by atoms with van der Waals surface area (Å²) >= 11 is 0.582. The van der Waals surface area contributed by atoms with Gasteiger partial charge in [-0.1, -0.05) is 56.9 Å². The van der Waals surface area contributed by atoms with Gasteiger partial charge in [-0.15, -0.1) is 0 Å². The summed E-state index contributed by atoms with van der Waals surface area (Å²) in [6, 6.07) is -0.893. The van der Waals surface area contributed by atoms with Crippen LogP contribution in [0, 0.1) is 34.5 Å². The molecule has 6 aliphatic rings. The molecule has 0 radical (unpaired) electrons. The molecule has 5 nitrogen and oxygen atoms in total. The molecule has 5 fully saturated rings. The number of hydroxylamine groups is 2. The van der Waals surface area contributed by atoms with Crippen molar-refractivity contribution in [3.05, 3.63) is 23.8 Å². The molecule has 9 atom stereocenters. The Labute approximate surface area is 232 Å². The van der Waals surface area contributed by atoms with E-state index in [2.05, 4.69) is 0 Å². The van der Waals surface area contributed by atoms with Gasteiger partial charge in [-0.05, 0) is 62.2 Å². The van der Waals surface area contributed by atoms with Gasteiger partial charge in [0.25, 0.3) is 0 Å². The number of carbonyl (C=O) groups excluding carboxylic acids is 2. The summed E-state index contributed by atoms with van der Waals surface area (Å²) in [4.78, 5) is 32.4. The van der Waals surface area contributed by atoms with Crippen molar-refractivity contribution in [1.29, 1.82) is 0 Å². The van der Waals surface area contributed by atoms with E-state index in [-0.39, 0.29) is 30.1 Å².